The number of aromatic nitrogens is 2. The minimum atomic E-state index is -0.785. The number of unbranched alkanes of at least 4 members (excludes halogenated alkanes) is 32. The van der Waals surface area contributed by atoms with Crippen LogP contribution < -0.4 is 0 Å². The summed E-state index contributed by atoms with van der Waals surface area (Å²) in [7, 11) is 0. The van der Waals surface area contributed by atoms with Gasteiger partial charge in [-0.1, -0.05) is 285 Å². The lowest BCUT2D eigenvalue weighted by molar-refractivity contribution is 0.399. The highest BCUT2D eigenvalue weighted by atomic mass is 32.1. The molecule has 1 aromatic carbocycles. The molecule has 0 saturated heterocycles. The Morgan fingerprint density at radius 2 is 0.691 bits per heavy atom. The molecule has 81 heavy (non-hydrogen) atoms. The first kappa shape index (κ1) is 67.8. The molecule has 6 aromatic rings. The van der Waals surface area contributed by atoms with Gasteiger partial charge >= 0.3 is 0 Å². The van der Waals surface area contributed by atoms with Gasteiger partial charge in [0.05, 0.1) is 22.9 Å². The molecule has 2 nitrogen and oxygen atoms in total. The summed E-state index contributed by atoms with van der Waals surface area (Å²) >= 11 is 8.02. The van der Waals surface area contributed by atoms with Crippen LogP contribution in [0, 0.1) is 37.3 Å². The molecule has 0 saturated carbocycles. The van der Waals surface area contributed by atoms with Crippen LogP contribution in [0.1, 0.15) is 305 Å². The number of hydrogen-bond donors (Lipinski definition) is 0. The zero-order valence-corrected chi connectivity index (χ0v) is 56.1. The van der Waals surface area contributed by atoms with Gasteiger partial charge in [0, 0.05) is 39.0 Å². The van der Waals surface area contributed by atoms with Crippen LogP contribution >= 0.6 is 57.1 Å². The van der Waals surface area contributed by atoms with Crippen molar-refractivity contribution in [2.75, 3.05) is 0 Å². The maximum absolute atomic E-state index is 17.5. The lowest BCUT2D eigenvalue weighted by Gasteiger charge is -2.17. The average molecular weight is 1200 g/mol. The van der Waals surface area contributed by atoms with Gasteiger partial charge < -0.3 is 0 Å². The van der Waals surface area contributed by atoms with Gasteiger partial charge in [0.2, 0.25) is 0 Å². The molecule has 0 aliphatic carbocycles. The monoisotopic (exact) mass is 1200 g/mol. The Morgan fingerprint density at radius 1 is 0.358 bits per heavy atom. The average Bonchev–Trinajstić information content (AvgIpc) is 4.50. The van der Waals surface area contributed by atoms with E-state index in [9.17, 15) is 0 Å². The van der Waals surface area contributed by atoms with Crippen LogP contribution in [0.5, 0.6) is 0 Å². The highest BCUT2D eigenvalue weighted by Crippen LogP contribution is 2.49. The van der Waals surface area contributed by atoms with E-state index >= 15 is 8.78 Å². The first-order valence-electron chi connectivity index (χ1n) is 33.8. The normalized spacial score (nSPS) is 12.7. The number of hydrogen-bond acceptors (Lipinski definition) is 7. The summed E-state index contributed by atoms with van der Waals surface area (Å²) in [5.74, 6) is -0.408. The van der Waals surface area contributed by atoms with E-state index in [-0.39, 0.29) is 5.56 Å². The number of rotatable bonds is 48. The number of fused-ring (bicyclic) bond motifs is 1. The minimum Gasteiger partial charge on any atom is -0.203 e. The van der Waals surface area contributed by atoms with Crippen LogP contribution in [0.2, 0.25) is 0 Å². The Morgan fingerprint density at radius 3 is 1.09 bits per heavy atom. The molecular weight excluding hydrogens is 1090 g/mol. The van der Waals surface area contributed by atoms with Crippen molar-refractivity contribution in [3.8, 4) is 40.4 Å². The summed E-state index contributed by atoms with van der Waals surface area (Å²) in [5, 5.41) is 0. The van der Waals surface area contributed by atoms with E-state index in [2.05, 4.69) is 77.9 Å². The van der Waals surface area contributed by atoms with Crippen molar-refractivity contribution >= 4 is 68.1 Å². The molecule has 0 aliphatic rings. The van der Waals surface area contributed by atoms with E-state index in [1.807, 2.05) is 22.7 Å². The highest BCUT2D eigenvalue weighted by Gasteiger charge is 2.29. The van der Waals surface area contributed by atoms with Crippen molar-refractivity contribution < 1.29 is 8.78 Å². The molecule has 5 aromatic heterocycles. The van der Waals surface area contributed by atoms with Crippen molar-refractivity contribution in [3.63, 3.8) is 0 Å². The SMILES string of the molecule is CCCCCCCCCCCCC(CCCCCCCCCC)Cc1cc(-c2c(F)c(F)c(-c3cc(CC(CCCCCCCCCC)CCCCCCCCCCCC)c(-c4ccc(-c5ccc(C)s5)s4)s3)c3nsnc23)sc1C. The van der Waals surface area contributed by atoms with Gasteiger partial charge in [-0.05, 0) is 86.1 Å². The third-order valence-corrected chi connectivity index (χ3v) is 22.9. The minimum absolute atomic E-state index is 0.285. The van der Waals surface area contributed by atoms with Crippen molar-refractivity contribution in [1.29, 1.82) is 0 Å². The van der Waals surface area contributed by atoms with Gasteiger partial charge in [-0.15, -0.1) is 45.3 Å². The van der Waals surface area contributed by atoms with Gasteiger partial charge in [-0.2, -0.15) is 8.75 Å². The Kier molecular flexibility index (Phi) is 33.6. The molecule has 0 spiro atoms. The Balaban J connectivity index is 1.23. The maximum atomic E-state index is 17.5. The smallest absolute Gasteiger partial charge is 0.170 e. The molecule has 2 unspecified atom stereocenters. The van der Waals surface area contributed by atoms with Crippen LogP contribution in [-0.2, 0) is 12.8 Å². The molecule has 0 radical (unpaired) electrons. The Labute approximate surface area is 514 Å². The molecule has 5 heterocycles. The summed E-state index contributed by atoms with van der Waals surface area (Å²) in [5.41, 5.74) is 4.15. The Bertz CT molecular complexity index is 2570. The highest BCUT2D eigenvalue weighted by molar-refractivity contribution is 7.27. The van der Waals surface area contributed by atoms with Crippen LogP contribution in [0.25, 0.3) is 51.4 Å². The third-order valence-electron chi connectivity index (χ3n) is 17.6. The third kappa shape index (κ3) is 23.5. The molecule has 9 heteroatoms. The van der Waals surface area contributed by atoms with Crippen LogP contribution in [0.15, 0.2) is 36.4 Å². The molecule has 452 valence electrons. The van der Waals surface area contributed by atoms with Gasteiger partial charge in [0.25, 0.3) is 0 Å². The number of benzene rings is 1. The van der Waals surface area contributed by atoms with E-state index < -0.39 is 11.6 Å². The van der Waals surface area contributed by atoms with Crippen LogP contribution in [0.4, 0.5) is 8.78 Å². The molecular formula is C72H110F2N2S5. The number of aryl methyl sites for hydroxylation is 2. The maximum Gasteiger partial charge on any atom is 0.170 e. The van der Waals surface area contributed by atoms with Crippen LogP contribution in [-0.4, -0.2) is 8.75 Å². The summed E-state index contributed by atoms with van der Waals surface area (Å²) in [6.45, 7) is 13.6. The van der Waals surface area contributed by atoms with Gasteiger partial charge in [0.15, 0.2) is 11.6 Å². The second-order valence-electron chi connectivity index (χ2n) is 24.7. The van der Waals surface area contributed by atoms with Crippen molar-refractivity contribution in [1.82, 2.24) is 8.75 Å². The second-order valence-corrected chi connectivity index (χ2v) is 29.9. The predicted octanol–water partition coefficient (Wildman–Crippen LogP) is 27.5. The summed E-state index contributed by atoms with van der Waals surface area (Å²) in [6.07, 6.45) is 55.2. The fourth-order valence-corrected chi connectivity index (χ4v) is 17.6. The lowest BCUT2D eigenvalue weighted by atomic mass is 9.88. The van der Waals surface area contributed by atoms with E-state index in [1.165, 1.54) is 297 Å². The summed E-state index contributed by atoms with van der Waals surface area (Å²) in [6, 6.07) is 13.4. The zero-order chi connectivity index (χ0) is 57.3. The molecule has 0 amide bonds. The summed E-state index contributed by atoms with van der Waals surface area (Å²) in [4.78, 5) is 9.05. The number of halogens is 2. The van der Waals surface area contributed by atoms with E-state index in [4.69, 9.17) is 8.75 Å². The fraction of sp³-hybridized carbons (Fsp3) is 0.694. The van der Waals surface area contributed by atoms with Crippen LogP contribution in [0.3, 0.4) is 0 Å². The molecule has 0 fully saturated rings. The first-order chi connectivity index (χ1) is 39.8. The molecule has 2 atom stereocenters. The van der Waals surface area contributed by atoms with E-state index in [1.54, 1.807) is 22.7 Å². The molecule has 6 rings (SSSR count). The van der Waals surface area contributed by atoms with Crippen molar-refractivity contribution in [3.05, 3.63) is 68.9 Å². The zero-order valence-electron chi connectivity index (χ0n) is 52.0. The topological polar surface area (TPSA) is 25.8 Å². The first-order valence-corrected chi connectivity index (χ1v) is 37.8. The van der Waals surface area contributed by atoms with Gasteiger partial charge in [-0.3, -0.25) is 0 Å². The summed E-state index contributed by atoms with van der Waals surface area (Å²) < 4.78 is 44.5. The van der Waals surface area contributed by atoms with Crippen molar-refractivity contribution in [2.45, 2.75) is 311 Å². The fourth-order valence-electron chi connectivity index (χ4n) is 12.6. The largest absolute Gasteiger partial charge is 0.203 e. The second kappa shape index (κ2) is 40.1. The van der Waals surface area contributed by atoms with E-state index in [0.717, 1.165) is 34.3 Å². The Hall–Kier alpha value is -2.30. The van der Waals surface area contributed by atoms with Gasteiger partial charge in [-0.25, -0.2) is 8.78 Å². The molecule has 0 bridgehead atoms. The quantitative estimate of drug-likeness (QED) is 0.0356. The number of nitrogens with zero attached hydrogens (tertiary/aromatic N) is 2. The standard InChI is InChI=1S/C72H110F2N2S5/c1-7-11-15-19-23-27-29-33-37-40-44-57(43-39-35-31-25-21-17-13-9-3)51-59-53-64(78-56(59)6)66-68(73)69(74)67(71-70(66)75-81-76-71)65-54-60(72(80-65)63-50-49-62(79-63)61-48-47-55(5)77-61)52-58(45-41-36-32-26-22-18-14-10-4)46-42-38-34-30-28-24-20-16-12-8-2/h47-50,53-54,57-58H,7-46,51-52H2,1-6H3. The predicted molar refractivity (Wildman–Crippen MR) is 362 cm³/mol. The van der Waals surface area contributed by atoms with E-state index in [0.29, 0.717) is 28.4 Å². The molecule has 0 N–H and O–H groups in total. The van der Waals surface area contributed by atoms with Gasteiger partial charge in [0.1, 0.15) is 11.0 Å². The lowest BCUT2D eigenvalue weighted by Crippen LogP contribution is -2.06. The number of thiophene rings is 4. The van der Waals surface area contributed by atoms with Crippen molar-refractivity contribution in [2.24, 2.45) is 11.8 Å². The molecule has 0 aliphatic heterocycles.